The van der Waals surface area contributed by atoms with E-state index in [0.29, 0.717) is 11.4 Å². The number of esters is 1. The molecule has 0 atom stereocenters. The SMILES string of the molecule is COc1cccc(N)c1C(=O)OCc1cncc(Br)c1. The summed E-state index contributed by atoms with van der Waals surface area (Å²) in [4.78, 5) is 16.1. The molecule has 2 aromatic rings. The summed E-state index contributed by atoms with van der Waals surface area (Å²) in [6, 6.07) is 6.82. The van der Waals surface area contributed by atoms with Crippen LogP contribution in [0.4, 0.5) is 5.69 Å². The average Bonchev–Trinajstić information content (AvgIpc) is 2.44. The molecule has 2 N–H and O–H groups in total. The molecular weight excluding hydrogens is 324 g/mol. The molecule has 0 saturated heterocycles. The zero-order valence-corrected chi connectivity index (χ0v) is 12.4. The van der Waals surface area contributed by atoms with Crippen LogP contribution in [-0.4, -0.2) is 18.1 Å². The Kier molecular flexibility index (Phi) is 4.57. The van der Waals surface area contributed by atoms with Crippen LogP contribution >= 0.6 is 15.9 Å². The second kappa shape index (κ2) is 6.38. The zero-order chi connectivity index (χ0) is 14.5. The maximum Gasteiger partial charge on any atom is 0.344 e. The fourth-order valence-electron chi connectivity index (χ4n) is 1.69. The second-order valence-electron chi connectivity index (χ2n) is 4.01. The molecule has 6 heteroatoms. The fourth-order valence-corrected chi connectivity index (χ4v) is 2.10. The third-order valence-electron chi connectivity index (χ3n) is 2.61. The monoisotopic (exact) mass is 336 g/mol. The molecule has 0 aliphatic carbocycles. The van der Waals surface area contributed by atoms with Crippen LogP contribution in [0.5, 0.6) is 5.75 Å². The predicted octanol–water partition coefficient (Wildman–Crippen LogP) is 2.79. The number of hydrogen-bond acceptors (Lipinski definition) is 5. The number of rotatable bonds is 4. The Morgan fingerprint density at radius 1 is 1.40 bits per heavy atom. The molecule has 2 rings (SSSR count). The molecule has 5 nitrogen and oxygen atoms in total. The van der Waals surface area contributed by atoms with E-state index in [1.807, 2.05) is 6.07 Å². The summed E-state index contributed by atoms with van der Waals surface area (Å²) in [6.45, 7) is 0.114. The highest BCUT2D eigenvalue weighted by Gasteiger charge is 2.17. The van der Waals surface area contributed by atoms with Crippen molar-refractivity contribution >= 4 is 27.6 Å². The van der Waals surface area contributed by atoms with Gasteiger partial charge in [0.05, 0.1) is 7.11 Å². The van der Waals surface area contributed by atoms with Crippen LogP contribution in [-0.2, 0) is 11.3 Å². The Morgan fingerprint density at radius 3 is 2.90 bits per heavy atom. The maximum atomic E-state index is 12.1. The second-order valence-corrected chi connectivity index (χ2v) is 4.93. The van der Waals surface area contributed by atoms with E-state index in [-0.39, 0.29) is 12.2 Å². The highest BCUT2D eigenvalue weighted by atomic mass is 79.9. The average molecular weight is 337 g/mol. The van der Waals surface area contributed by atoms with Gasteiger partial charge in [-0.2, -0.15) is 0 Å². The summed E-state index contributed by atoms with van der Waals surface area (Å²) in [5.41, 5.74) is 7.12. The lowest BCUT2D eigenvalue weighted by Crippen LogP contribution is -2.10. The lowest BCUT2D eigenvalue weighted by atomic mass is 10.1. The number of methoxy groups -OCH3 is 1. The van der Waals surface area contributed by atoms with Crippen molar-refractivity contribution in [1.29, 1.82) is 0 Å². The van der Waals surface area contributed by atoms with Crippen LogP contribution < -0.4 is 10.5 Å². The molecule has 1 heterocycles. The highest BCUT2D eigenvalue weighted by Crippen LogP contribution is 2.25. The number of ether oxygens (including phenoxy) is 2. The Morgan fingerprint density at radius 2 is 2.20 bits per heavy atom. The van der Waals surface area contributed by atoms with Crippen LogP contribution in [0.15, 0.2) is 41.1 Å². The van der Waals surface area contributed by atoms with Crippen molar-refractivity contribution in [2.24, 2.45) is 0 Å². The molecule has 0 fully saturated rings. The molecule has 0 unspecified atom stereocenters. The minimum absolute atomic E-state index is 0.114. The number of anilines is 1. The Bertz CT molecular complexity index is 632. The van der Waals surface area contributed by atoms with Crippen molar-refractivity contribution < 1.29 is 14.3 Å². The number of pyridine rings is 1. The van der Waals surface area contributed by atoms with E-state index in [4.69, 9.17) is 15.2 Å². The van der Waals surface area contributed by atoms with Gasteiger partial charge in [-0.1, -0.05) is 6.07 Å². The maximum absolute atomic E-state index is 12.1. The molecule has 1 aromatic carbocycles. The number of benzene rings is 1. The van der Waals surface area contributed by atoms with E-state index in [2.05, 4.69) is 20.9 Å². The first kappa shape index (κ1) is 14.3. The minimum Gasteiger partial charge on any atom is -0.496 e. The summed E-state index contributed by atoms with van der Waals surface area (Å²) in [6.07, 6.45) is 3.28. The Labute approximate surface area is 124 Å². The number of halogens is 1. The Balaban J connectivity index is 2.13. The van der Waals surface area contributed by atoms with Crippen molar-refractivity contribution in [1.82, 2.24) is 4.98 Å². The van der Waals surface area contributed by atoms with E-state index >= 15 is 0 Å². The van der Waals surface area contributed by atoms with Gasteiger partial charge in [-0.25, -0.2) is 4.79 Å². The summed E-state index contributed by atoms with van der Waals surface area (Å²) in [5.74, 6) is -0.137. The van der Waals surface area contributed by atoms with Gasteiger partial charge in [-0.3, -0.25) is 4.98 Å². The number of carbonyl (C=O) groups is 1. The number of nitrogen functional groups attached to an aromatic ring is 1. The molecule has 104 valence electrons. The minimum atomic E-state index is -0.528. The molecule has 0 bridgehead atoms. The van der Waals surface area contributed by atoms with Gasteiger partial charge >= 0.3 is 5.97 Å². The molecule has 20 heavy (non-hydrogen) atoms. The quantitative estimate of drug-likeness (QED) is 0.686. The van der Waals surface area contributed by atoms with Crippen LogP contribution in [0.3, 0.4) is 0 Å². The third-order valence-corrected chi connectivity index (χ3v) is 3.05. The molecule has 0 saturated carbocycles. The van der Waals surface area contributed by atoms with Gasteiger partial charge in [0.1, 0.15) is 17.9 Å². The van der Waals surface area contributed by atoms with Crippen LogP contribution in [0.1, 0.15) is 15.9 Å². The normalized spacial score (nSPS) is 10.1. The molecular formula is C14H13BrN2O3. The van der Waals surface area contributed by atoms with Gasteiger partial charge in [-0.15, -0.1) is 0 Å². The molecule has 0 amide bonds. The summed E-state index contributed by atoms with van der Waals surface area (Å²) in [7, 11) is 1.48. The molecule has 0 aliphatic heterocycles. The summed E-state index contributed by atoms with van der Waals surface area (Å²) < 4.78 is 11.2. The van der Waals surface area contributed by atoms with Crippen molar-refractivity contribution in [3.63, 3.8) is 0 Å². The predicted molar refractivity (Wildman–Crippen MR) is 78.5 cm³/mol. The van der Waals surface area contributed by atoms with Crippen molar-refractivity contribution in [2.75, 3.05) is 12.8 Å². The first-order chi connectivity index (χ1) is 9.61. The van der Waals surface area contributed by atoms with Crippen LogP contribution in [0.25, 0.3) is 0 Å². The zero-order valence-electron chi connectivity index (χ0n) is 10.8. The van der Waals surface area contributed by atoms with Crippen molar-refractivity contribution in [3.05, 3.63) is 52.3 Å². The van der Waals surface area contributed by atoms with Gasteiger partial charge in [0.2, 0.25) is 0 Å². The largest absolute Gasteiger partial charge is 0.496 e. The highest BCUT2D eigenvalue weighted by molar-refractivity contribution is 9.10. The van der Waals surface area contributed by atoms with Gasteiger partial charge in [0.15, 0.2) is 0 Å². The number of aromatic nitrogens is 1. The smallest absolute Gasteiger partial charge is 0.344 e. The fraction of sp³-hybridized carbons (Fsp3) is 0.143. The van der Waals surface area contributed by atoms with Gasteiger partial charge in [0, 0.05) is 28.1 Å². The standard InChI is InChI=1S/C14H13BrN2O3/c1-19-12-4-2-3-11(16)13(12)14(18)20-8-9-5-10(15)7-17-6-9/h2-7H,8,16H2,1H3. The first-order valence-corrected chi connectivity index (χ1v) is 6.60. The van der Waals surface area contributed by atoms with Crippen LogP contribution in [0, 0.1) is 0 Å². The van der Waals surface area contributed by atoms with E-state index in [9.17, 15) is 4.79 Å². The Hall–Kier alpha value is -2.08. The molecule has 0 spiro atoms. The number of hydrogen-bond donors (Lipinski definition) is 1. The van der Waals surface area contributed by atoms with E-state index in [1.54, 1.807) is 30.6 Å². The van der Waals surface area contributed by atoms with Gasteiger partial charge < -0.3 is 15.2 Å². The third kappa shape index (κ3) is 3.27. The topological polar surface area (TPSA) is 74.4 Å². The lowest BCUT2D eigenvalue weighted by molar-refractivity contribution is 0.0470. The summed E-state index contributed by atoms with van der Waals surface area (Å²) in [5, 5.41) is 0. The van der Waals surface area contributed by atoms with E-state index in [0.717, 1.165) is 10.0 Å². The molecule has 0 aliphatic rings. The van der Waals surface area contributed by atoms with Crippen LogP contribution in [0.2, 0.25) is 0 Å². The lowest BCUT2D eigenvalue weighted by Gasteiger charge is -2.10. The van der Waals surface area contributed by atoms with Crippen molar-refractivity contribution in [2.45, 2.75) is 6.61 Å². The number of nitrogens with zero attached hydrogens (tertiary/aromatic N) is 1. The number of nitrogens with two attached hydrogens (primary N) is 1. The molecule has 1 aromatic heterocycles. The summed E-state index contributed by atoms with van der Waals surface area (Å²) >= 11 is 3.31. The van der Waals surface area contributed by atoms with Gasteiger partial charge in [-0.05, 0) is 34.1 Å². The van der Waals surface area contributed by atoms with Crippen molar-refractivity contribution in [3.8, 4) is 5.75 Å². The first-order valence-electron chi connectivity index (χ1n) is 5.81. The molecule has 0 radical (unpaired) electrons. The van der Waals surface area contributed by atoms with Gasteiger partial charge in [0.25, 0.3) is 0 Å². The number of carbonyl (C=O) groups excluding carboxylic acids is 1. The van der Waals surface area contributed by atoms with E-state index < -0.39 is 5.97 Å². The van der Waals surface area contributed by atoms with E-state index in [1.165, 1.54) is 7.11 Å².